The van der Waals surface area contributed by atoms with Gasteiger partial charge in [0.2, 0.25) is 0 Å². The molecule has 1 aromatic carbocycles. The maximum Gasteiger partial charge on any atom is 0.380 e. The highest BCUT2D eigenvalue weighted by molar-refractivity contribution is 8.05. The molecule has 0 fully saturated rings. The summed E-state index contributed by atoms with van der Waals surface area (Å²) in [5.41, 5.74) is 0.888. The summed E-state index contributed by atoms with van der Waals surface area (Å²) >= 11 is 10.4. The van der Waals surface area contributed by atoms with Crippen molar-refractivity contribution in [3.8, 4) is 0 Å². The van der Waals surface area contributed by atoms with Gasteiger partial charge in [0.1, 0.15) is 0 Å². The molecule has 1 rings (SSSR count). The molecule has 0 bridgehead atoms. The Hall–Kier alpha value is -0.0100. The molecule has 5 heteroatoms. The standard InChI is InChI=1S/C7H7Cl2O2P/c8-12(9,10)11-6-7-4-2-1-3-5-7/h1-5H,6H2. The van der Waals surface area contributed by atoms with Gasteiger partial charge in [0.25, 0.3) is 0 Å². The van der Waals surface area contributed by atoms with E-state index in [1.165, 1.54) is 0 Å². The van der Waals surface area contributed by atoms with Gasteiger partial charge in [0.15, 0.2) is 0 Å². The fourth-order valence-corrected chi connectivity index (χ4v) is 1.32. The van der Waals surface area contributed by atoms with Crippen molar-refractivity contribution in [3.63, 3.8) is 0 Å². The summed E-state index contributed by atoms with van der Waals surface area (Å²) in [5.74, 6) is 0. The van der Waals surface area contributed by atoms with Gasteiger partial charge in [0.05, 0.1) is 6.61 Å². The largest absolute Gasteiger partial charge is 0.380 e. The molecule has 2 nitrogen and oxygen atoms in total. The van der Waals surface area contributed by atoms with Crippen molar-refractivity contribution in [2.45, 2.75) is 6.61 Å². The zero-order chi connectivity index (χ0) is 9.03. The molecule has 0 N–H and O–H groups in total. The van der Waals surface area contributed by atoms with E-state index in [2.05, 4.69) is 0 Å². The monoisotopic (exact) mass is 224 g/mol. The van der Waals surface area contributed by atoms with Crippen molar-refractivity contribution in [1.82, 2.24) is 0 Å². The highest BCUT2D eigenvalue weighted by Gasteiger charge is 2.13. The van der Waals surface area contributed by atoms with Crippen LogP contribution in [0.1, 0.15) is 5.56 Å². The minimum absolute atomic E-state index is 0.172. The Labute approximate surface area is 80.5 Å². The lowest BCUT2D eigenvalue weighted by Gasteiger charge is -2.03. The molecular weight excluding hydrogens is 218 g/mol. The van der Waals surface area contributed by atoms with E-state index < -0.39 is 6.07 Å². The Morgan fingerprint density at radius 3 is 2.33 bits per heavy atom. The van der Waals surface area contributed by atoms with Crippen LogP contribution in [-0.2, 0) is 15.7 Å². The first kappa shape index (κ1) is 10.1. The number of hydrogen-bond donors (Lipinski definition) is 0. The van der Waals surface area contributed by atoms with Crippen LogP contribution >= 0.6 is 28.6 Å². The third-order valence-corrected chi connectivity index (χ3v) is 2.24. The molecule has 0 spiro atoms. The zero-order valence-electron chi connectivity index (χ0n) is 6.11. The second kappa shape index (κ2) is 4.29. The Morgan fingerprint density at radius 2 is 1.83 bits per heavy atom. The average Bonchev–Trinajstić information content (AvgIpc) is 2.02. The maximum atomic E-state index is 10.7. The van der Waals surface area contributed by atoms with Crippen LogP contribution in [0.5, 0.6) is 0 Å². The second-order valence-electron chi connectivity index (χ2n) is 2.17. The van der Waals surface area contributed by atoms with Crippen molar-refractivity contribution >= 4 is 28.6 Å². The summed E-state index contributed by atoms with van der Waals surface area (Å²) in [4.78, 5) is 0. The molecule has 0 aliphatic heterocycles. The molecule has 0 unspecified atom stereocenters. The van der Waals surface area contributed by atoms with Crippen molar-refractivity contribution in [3.05, 3.63) is 35.9 Å². The summed E-state index contributed by atoms with van der Waals surface area (Å²) in [6.07, 6.45) is -3.39. The van der Waals surface area contributed by atoms with Gasteiger partial charge in [-0.1, -0.05) is 30.3 Å². The molecule has 0 saturated heterocycles. The smallest absolute Gasteiger partial charge is 0.301 e. The molecule has 0 aliphatic rings. The summed E-state index contributed by atoms with van der Waals surface area (Å²) in [6.45, 7) is 0.172. The van der Waals surface area contributed by atoms with Gasteiger partial charge in [-0.3, -0.25) is 4.57 Å². The minimum atomic E-state index is -3.39. The van der Waals surface area contributed by atoms with Crippen LogP contribution < -0.4 is 0 Å². The van der Waals surface area contributed by atoms with E-state index >= 15 is 0 Å². The number of hydrogen-bond acceptors (Lipinski definition) is 2. The van der Waals surface area contributed by atoms with Crippen molar-refractivity contribution < 1.29 is 9.09 Å². The van der Waals surface area contributed by atoms with Crippen molar-refractivity contribution in [2.24, 2.45) is 0 Å². The number of halogens is 2. The molecule has 1 aromatic rings. The highest BCUT2D eigenvalue weighted by atomic mass is 35.9. The van der Waals surface area contributed by atoms with E-state index in [1.54, 1.807) is 0 Å². The first-order valence-electron chi connectivity index (χ1n) is 3.26. The van der Waals surface area contributed by atoms with Crippen LogP contribution in [0.2, 0.25) is 0 Å². The van der Waals surface area contributed by atoms with Crippen LogP contribution in [0.15, 0.2) is 30.3 Å². The van der Waals surface area contributed by atoms with E-state index in [1.807, 2.05) is 30.3 Å². The molecule has 66 valence electrons. The van der Waals surface area contributed by atoms with Gasteiger partial charge in [-0.15, -0.1) is 0 Å². The summed E-state index contributed by atoms with van der Waals surface area (Å²) in [6, 6.07) is 9.26. The Kier molecular flexibility index (Phi) is 3.60. The van der Waals surface area contributed by atoms with E-state index in [4.69, 9.17) is 27.0 Å². The van der Waals surface area contributed by atoms with E-state index in [0.717, 1.165) is 5.56 Å². The Balaban J connectivity index is 2.50. The molecule has 0 radical (unpaired) electrons. The molecule has 0 aromatic heterocycles. The van der Waals surface area contributed by atoms with Gasteiger partial charge in [0, 0.05) is 0 Å². The Morgan fingerprint density at radius 1 is 1.25 bits per heavy atom. The lowest BCUT2D eigenvalue weighted by molar-refractivity contribution is 0.323. The quantitative estimate of drug-likeness (QED) is 0.731. The molecule has 12 heavy (non-hydrogen) atoms. The summed E-state index contributed by atoms with van der Waals surface area (Å²) in [7, 11) is 0. The van der Waals surface area contributed by atoms with Crippen LogP contribution in [0.25, 0.3) is 0 Å². The van der Waals surface area contributed by atoms with Gasteiger partial charge in [-0.05, 0) is 28.0 Å². The van der Waals surface area contributed by atoms with Crippen LogP contribution in [0, 0.1) is 0 Å². The topological polar surface area (TPSA) is 26.3 Å². The van der Waals surface area contributed by atoms with Crippen LogP contribution in [0.4, 0.5) is 0 Å². The first-order chi connectivity index (χ1) is 5.58. The lowest BCUT2D eigenvalue weighted by Crippen LogP contribution is -1.84. The molecular formula is C7H7Cl2O2P. The van der Waals surface area contributed by atoms with Gasteiger partial charge in [-0.25, -0.2) is 0 Å². The number of benzene rings is 1. The maximum absolute atomic E-state index is 10.7. The zero-order valence-corrected chi connectivity index (χ0v) is 8.52. The van der Waals surface area contributed by atoms with E-state index in [9.17, 15) is 4.57 Å². The fraction of sp³-hybridized carbons (Fsp3) is 0.143. The number of rotatable bonds is 3. The highest BCUT2D eigenvalue weighted by Crippen LogP contribution is 2.58. The third kappa shape index (κ3) is 4.13. The van der Waals surface area contributed by atoms with Gasteiger partial charge >= 0.3 is 6.07 Å². The Bertz CT molecular complexity index is 283. The van der Waals surface area contributed by atoms with Gasteiger partial charge < -0.3 is 4.52 Å². The summed E-state index contributed by atoms with van der Waals surface area (Å²) < 4.78 is 15.4. The molecule has 0 saturated carbocycles. The van der Waals surface area contributed by atoms with Crippen LogP contribution in [0.3, 0.4) is 0 Å². The SMILES string of the molecule is O=P(Cl)(Cl)OCc1ccccc1. The molecule has 0 aliphatic carbocycles. The third-order valence-electron chi connectivity index (χ3n) is 1.22. The predicted octanol–water partition coefficient (Wildman–Crippen LogP) is 3.79. The van der Waals surface area contributed by atoms with Crippen molar-refractivity contribution in [1.29, 1.82) is 0 Å². The molecule has 0 heterocycles. The van der Waals surface area contributed by atoms with Crippen molar-refractivity contribution in [2.75, 3.05) is 0 Å². The van der Waals surface area contributed by atoms with Gasteiger partial charge in [-0.2, -0.15) is 0 Å². The average molecular weight is 225 g/mol. The van der Waals surface area contributed by atoms with Crippen LogP contribution in [-0.4, -0.2) is 0 Å². The van der Waals surface area contributed by atoms with E-state index in [-0.39, 0.29) is 6.61 Å². The minimum Gasteiger partial charge on any atom is -0.301 e. The second-order valence-corrected chi connectivity index (χ2v) is 6.45. The normalized spacial score (nSPS) is 11.5. The molecule has 0 atom stereocenters. The van der Waals surface area contributed by atoms with E-state index in [0.29, 0.717) is 0 Å². The summed E-state index contributed by atoms with van der Waals surface area (Å²) in [5, 5.41) is 0. The fourth-order valence-electron chi connectivity index (χ4n) is 0.724. The predicted molar refractivity (Wildman–Crippen MR) is 50.5 cm³/mol. The molecule has 0 amide bonds. The first-order valence-corrected chi connectivity index (χ1v) is 6.69. The lowest BCUT2D eigenvalue weighted by atomic mass is 10.2.